The van der Waals surface area contributed by atoms with Gasteiger partial charge in [0.2, 0.25) is 0 Å². The van der Waals surface area contributed by atoms with Gasteiger partial charge in [0.25, 0.3) is 5.91 Å². The first-order chi connectivity index (χ1) is 9.91. The van der Waals surface area contributed by atoms with E-state index in [1.165, 1.54) is 12.8 Å². The Balaban J connectivity index is 2.25. The number of nitrogen functional groups attached to an aromatic ring is 1. The van der Waals surface area contributed by atoms with Gasteiger partial charge in [-0.2, -0.15) is 5.10 Å². The van der Waals surface area contributed by atoms with E-state index in [1.807, 2.05) is 18.7 Å². The van der Waals surface area contributed by atoms with Gasteiger partial charge in [-0.1, -0.05) is 40.5 Å². The number of carbonyl (C=O) groups is 1. The molecule has 1 aliphatic carbocycles. The number of carbonyl (C=O) groups excluding carboxylic acids is 1. The molecule has 1 saturated carbocycles. The van der Waals surface area contributed by atoms with Gasteiger partial charge in [-0.25, -0.2) is 0 Å². The van der Waals surface area contributed by atoms with Crippen LogP contribution in [-0.4, -0.2) is 33.6 Å². The van der Waals surface area contributed by atoms with Gasteiger partial charge in [0, 0.05) is 12.6 Å². The zero-order chi connectivity index (χ0) is 15.6. The van der Waals surface area contributed by atoms with Gasteiger partial charge in [0.05, 0.1) is 11.4 Å². The highest BCUT2D eigenvalue weighted by atomic mass is 16.2. The monoisotopic (exact) mass is 292 g/mol. The highest BCUT2D eigenvalue weighted by Gasteiger charge is 2.31. The molecule has 21 heavy (non-hydrogen) atoms. The maximum Gasteiger partial charge on any atom is 0.276 e. The summed E-state index contributed by atoms with van der Waals surface area (Å²) in [6, 6.07) is 0.346. The Morgan fingerprint density at radius 1 is 1.33 bits per heavy atom. The van der Waals surface area contributed by atoms with Gasteiger partial charge in [-0.05, 0) is 24.7 Å². The second-order valence-corrected chi connectivity index (χ2v) is 6.84. The van der Waals surface area contributed by atoms with Crippen molar-refractivity contribution in [1.29, 1.82) is 0 Å². The van der Waals surface area contributed by atoms with Crippen LogP contribution < -0.4 is 5.73 Å². The maximum atomic E-state index is 12.9. The third-order valence-corrected chi connectivity index (χ3v) is 4.20. The number of nitrogens with two attached hydrogens (primary N) is 1. The SMILES string of the molecule is CC(C)CN(C(=O)c1n[nH]c(C(C)C)c1N)C1CCCC1. The zero-order valence-electron chi connectivity index (χ0n) is 13.6. The van der Waals surface area contributed by atoms with Crippen molar-refractivity contribution < 1.29 is 4.79 Å². The molecule has 2 rings (SSSR count). The number of hydrogen-bond donors (Lipinski definition) is 2. The molecule has 1 aromatic rings. The molecule has 5 nitrogen and oxygen atoms in total. The number of hydrogen-bond acceptors (Lipinski definition) is 3. The number of H-pyrrole nitrogens is 1. The number of aromatic nitrogens is 2. The van der Waals surface area contributed by atoms with Gasteiger partial charge in [-0.15, -0.1) is 0 Å². The van der Waals surface area contributed by atoms with E-state index in [4.69, 9.17) is 5.73 Å². The fourth-order valence-electron chi connectivity index (χ4n) is 3.11. The van der Waals surface area contributed by atoms with Gasteiger partial charge in [-0.3, -0.25) is 9.89 Å². The van der Waals surface area contributed by atoms with E-state index in [0.717, 1.165) is 25.1 Å². The minimum absolute atomic E-state index is 0.0174. The smallest absolute Gasteiger partial charge is 0.276 e. The van der Waals surface area contributed by atoms with Crippen LogP contribution >= 0.6 is 0 Å². The molecule has 0 bridgehead atoms. The molecule has 1 amide bonds. The number of anilines is 1. The number of aromatic amines is 1. The van der Waals surface area contributed by atoms with E-state index >= 15 is 0 Å². The summed E-state index contributed by atoms with van der Waals surface area (Å²) in [6.07, 6.45) is 4.61. The number of nitrogens with one attached hydrogen (secondary N) is 1. The lowest BCUT2D eigenvalue weighted by Crippen LogP contribution is -2.41. The molecule has 0 radical (unpaired) electrons. The van der Waals surface area contributed by atoms with Crippen LogP contribution in [0.25, 0.3) is 0 Å². The van der Waals surface area contributed by atoms with Gasteiger partial charge < -0.3 is 10.6 Å². The molecule has 0 aromatic carbocycles. The topological polar surface area (TPSA) is 75.0 Å². The van der Waals surface area contributed by atoms with E-state index < -0.39 is 0 Å². The van der Waals surface area contributed by atoms with Crippen LogP contribution in [-0.2, 0) is 0 Å². The molecule has 0 atom stereocenters. The zero-order valence-corrected chi connectivity index (χ0v) is 13.6. The summed E-state index contributed by atoms with van der Waals surface area (Å²) in [5.41, 5.74) is 7.90. The Labute approximate surface area is 127 Å². The highest BCUT2D eigenvalue weighted by Crippen LogP contribution is 2.28. The fourth-order valence-corrected chi connectivity index (χ4v) is 3.11. The third kappa shape index (κ3) is 3.39. The first-order valence-electron chi connectivity index (χ1n) is 8.06. The van der Waals surface area contributed by atoms with Gasteiger partial charge >= 0.3 is 0 Å². The van der Waals surface area contributed by atoms with Gasteiger partial charge in [0.15, 0.2) is 5.69 Å². The van der Waals surface area contributed by atoms with Crippen molar-refractivity contribution in [1.82, 2.24) is 15.1 Å². The molecule has 1 heterocycles. The molecule has 5 heteroatoms. The van der Waals surface area contributed by atoms with E-state index in [-0.39, 0.29) is 11.8 Å². The van der Waals surface area contributed by atoms with Crippen molar-refractivity contribution >= 4 is 11.6 Å². The summed E-state index contributed by atoms with van der Waals surface area (Å²) in [5, 5.41) is 7.13. The summed E-state index contributed by atoms with van der Waals surface area (Å²) < 4.78 is 0. The average molecular weight is 292 g/mol. The predicted molar refractivity (Wildman–Crippen MR) is 85.2 cm³/mol. The van der Waals surface area contributed by atoms with Crippen molar-refractivity contribution in [3.63, 3.8) is 0 Å². The highest BCUT2D eigenvalue weighted by molar-refractivity contribution is 5.98. The van der Waals surface area contributed by atoms with Crippen LogP contribution in [0.4, 0.5) is 5.69 Å². The number of amides is 1. The summed E-state index contributed by atoms with van der Waals surface area (Å²) in [5.74, 6) is 0.666. The Morgan fingerprint density at radius 3 is 2.43 bits per heavy atom. The van der Waals surface area contributed by atoms with Crippen LogP contribution in [0.2, 0.25) is 0 Å². The minimum atomic E-state index is -0.0174. The van der Waals surface area contributed by atoms with Crippen molar-refractivity contribution in [2.45, 2.75) is 65.3 Å². The fraction of sp³-hybridized carbons (Fsp3) is 0.750. The normalized spacial score (nSPS) is 16.1. The Morgan fingerprint density at radius 2 is 1.95 bits per heavy atom. The first kappa shape index (κ1) is 15.9. The summed E-state index contributed by atoms with van der Waals surface area (Å²) in [4.78, 5) is 14.9. The molecule has 0 spiro atoms. The lowest BCUT2D eigenvalue weighted by atomic mass is 10.1. The molecular formula is C16H28N4O. The lowest BCUT2D eigenvalue weighted by Gasteiger charge is -2.30. The molecule has 3 N–H and O–H groups in total. The summed E-state index contributed by atoms with van der Waals surface area (Å²) in [6.45, 7) is 9.14. The van der Waals surface area contributed by atoms with Crippen LogP contribution in [0.3, 0.4) is 0 Å². The van der Waals surface area contributed by atoms with Crippen LogP contribution in [0, 0.1) is 5.92 Å². The number of rotatable bonds is 5. The number of nitrogens with zero attached hydrogens (tertiary/aromatic N) is 2. The van der Waals surface area contributed by atoms with E-state index in [9.17, 15) is 4.79 Å². The molecular weight excluding hydrogens is 264 g/mol. The standard InChI is InChI=1S/C16H28N4O/c1-10(2)9-20(12-7-5-6-8-12)16(21)15-13(17)14(11(3)4)18-19-15/h10-12H,5-9,17H2,1-4H3,(H,18,19). The van der Waals surface area contributed by atoms with Crippen LogP contribution in [0.15, 0.2) is 0 Å². The lowest BCUT2D eigenvalue weighted by molar-refractivity contribution is 0.0650. The second-order valence-electron chi connectivity index (χ2n) is 6.84. The average Bonchev–Trinajstić information content (AvgIpc) is 3.04. The molecule has 1 aromatic heterocycles. The Hall–Kier alpha value is -1.52. The third-order valence-electron chi connectivity index (χ3n) is 4.20. The molecule has 118 valence electrons. The maximum absolute atomic E-state index is 12.9. The van der Waals surface area contributed by atoms with Crippen molar-refractivity contribution in [2.24, 2.45) is 5.92 Å². The molecule has 1 fully saturated rings. The molecule has 0 aliphatic heterocycles. The molecule has 1 aliphatic rings. The summed E-state index contributed by atoms with van der Waals surface area (Å²) >= 11 is 0. The van der Waals surface area contributed by atoms with Crippen LogP contribution in [0.1, 0.15) is 75.5 Å². The Bertz CT molecular complexity index is 486. The van der Waals surface area contributed by atoms with Crippen molar-refractivity contribution in [3.8, 4) is 0 Å². The first-order valence-corrected chi connectivity index (χ1v) is 8.06. The molecule has 0 saturated heterocycles. The minimum Gasteiger partial charge on any atom is -0.395 e. The second kappa shape index (κ2) is 6.50. The van der Waals surface area contributed by atoms with E-state index in [2.05, 4.69) is 24.0 Å². The largest absolute Gasteiger partial charge is 0.395 e. The van der Waals surface area contributed by atoms with Crippen molar-refractivity contribution in [3.05, 3.63) is 11.4 Å². The van der Waals surface area contributed by atoms with E-state index in [0.29, 0.717) is 23.3 Å². The summed E-state index contributed by atoms with van der Waals surface area (Å²) in [7, 11) is 0. The Kier molecular flexibility index (Phi) is 4.91. The quantitative estimate of drug-likeness (QED) is 0.875. The van der Waals surface area contributed by atoms with Crippen molar-refractivity contribution in [2.75, 3.05) is 12.3 Å². The van der Waals surface area contributed by atoms with Gasteiger partial charge in [0.1, 0.15) is 0 Å². The predicted octanol–water partition coefficient (Wildman–Crippen LogP) is 3.16. The molecule has 0 unspecified atom stereocenters. The van der Waals surface area contributed by atoms with E-state index in [1.54, 1.807) is 0 Å². The van der Waals surface area contributed by atoms with Crippen LogP contribution in [0.5, 0.6) is 0 Å².